The van der Waals surface area contributed by atoms with E-state index in [-0.39, 0.29) is 58.9 Å². The zero-order valence-corrected chi connectivity index (χ0v) is 29.7. The molecule has 2 saturated heterocycles. The van der Waals surface area contributed by atoms with Gasteiger partial charge in [0, 0.05) is 89.0 Å². The smallest absolute Gasteiger partial charge is 0.226 e. The number of hydrogen-bond acceptors (Lipinski definition) is 6. The number of nitriles is 1. The molecule has 5 aromatic rings. The van der Waals surface area contributed by atoms with E-state index in [9.17, 15) is 10.1 Å². The van der Waals surface area contributed by atoms with E-state index in [4.69, 9.17) is 32.9 Å². The SMILES string of the molecule is Cc1nc2c(F)c(-c3cccc(Cl)c3Cl)c(CCC#N)cc2c2c1cc([C@H]1[C@H]3C[C@H](C[C@@H]3Oc3ccncc3)N1C(=O)C1CC1)n2[C@H]1CCNC1. The molecular formula is C40H37Cl2FN6O2. The summed E-state index contributed by atoms with van der Waals surface area (Å²) in [5.41, 5.74) is 4.40. The molecule has 260 valence electrons. The van der Waals surface area contributed by atoms with Crippen molar-refractivity contribution in [1.29, 1.82) is 5.26 Å². The van der Waals surface area contributed by atoms with Gasteiger partial charge in [-0.3, -0.25) is 9.78 Å². The largest absolute Gasteiger partial charge is 0.490 e. The van der Waals surface area contributed by atoms with Gasteiger partial charge in [-0.2, -0.15) is 5.26 Å². The number of carbonyl (C=O) groups is 1. The highest BCUT2D eigenvalue weighted by atomic mass is 35.5. The summed E-state index contributed by atoms with van der Waals surface area (Å²) < 4.78 is 26.2. The molecule has 2 bridgehead atoms. The molecule has 3 aromatic heterocycles. The van der Waals surface area contributed by atoms with Crippen molar-refractivity contribution in [1.82, 2.24) is 24.8 Å². The van der Waals surface area contributed by atoms with Crippen molar-refractivity contribution in [3.63, 3.8) is 0 Å². The van der Waals surface area contributed by atoms with E-state index in [1.165, 1.54) is 0 Å². The molecule has 0 unspecified atom stereocenters. The van der Waals surface area contributed by atoms with Crippen LogP contribution in [0.5, 0.6) is 5.75 Å². The van der Waals surface area contributed by atoms with Gasteiger partial charge in [0.2, 0.25) is 5.91 Å². The van der Waals surface area contributed by atoms with Crippen LogP contribution < -0.4 is 10.1 Å². The second kappa shape index (κ2) is 12.8. The highest BCUT2D eigenvalue weighted by Gasteiger charge is 2.57. The molecule has 51 heavy (non-hydrogen) atoms. The molecule has 5 heterocycles. The van der Waals surface area contributed by atoms with Crippen molar-refractivity contribution < 1.29 is 13.9 Å². The monoisotopic (exact) mass is 722 g/mol. The highest BCUT2D eigenvalue weighted by molar-refractivity contribution is 6.43. The fourth-order valence-corrected chi connectivity index (χ4v) is 9.50. The van der Waals surface area contributed by atoms with Crippen LogP contribution in [-0.2, 0) is 11.2 Å². The zero-order chi connectivity index (χ0) is 35.0. The third-order valence-corrected chi connectivity index (χ3v) is 12.3. The first-order valence-corrected chi connectivity index (χ1v) is 18.7. The van der Waals surface area contributed by atoms with E-state index in [0.717, 1.165) is 67.5 Å². The Bertz CT molecular complexity index is 2240. The van der Waals surface area contributed by atoms with Gasteiger partial charge >= 0.3 is 0 Å². The molecule has 2 aromatic carbocycles. The first-order valence-electron chi connectivity index (χ1n) is 17.9. The van der Waals surface area contributed by atoms with Crippen molar-refractivity contribution in [3.8, 4) is 22.9 Å². The Hall–Kier alpha value is -4.23. The summed E-state index contributed by atoms with van der Waals surface area (Å²) in [5, 5.41) is 15.4. The maximum Gasteiger partial charge on any atom is 0.226 e. The predicted molar refractivity (Wildman–Crippen MR) is 195 cm³/mol. The average Bonchev–Trinajstić information content (AvgIpc) is 3.43. The number of nitrogens with zero attached hydrogens (tertiary/aromatic N) is 5. The van der Waals surface area contributed by atoms with Crippen LogP contribution in [0.25, 0.3) is 32.9 Å². The molecule has 4 fully saturated rings. The van der Waals surface area contributed by atoms with Gasteiger partial charge in [0.15, 0.2) is 5.82 Å². The second-order valence-corrected chi connectivity index (χ2v) is 15.3. The predicted octanol–water partition coefficient (Wildman–Crippen LogP) is 8.52. The molecule has 11 heteroatoms. The van der Waals surface area contributed by atoms with E-state index in [2.05, 4.69) is 31.9 Å². The van der Waals surface area contributed by atoms with Crippen molar-refractivity contribution in [2.45, 2.75) is 76.1 Å². The van der Waals surface area contributed by atoms with Crippen molar-refractivity contribution in [3.05, 3.63) is 87.7 Å². The first kappa shape index (κ1) is 32.7. The third kappa shape index (κ3) is 5.37. The number of aromatic nitrogens is 3. The number of ether oxygens (including phenoxy) is 1. The van der Waals surface area contributed by atoms with Crippen LogP contribution in [0.1, 0.15) is 67.6 Å². The van der Waals surface area contributed by atoms with Crippen molar-refractivity contribution in [2.24, 2.45) is 11.8 Å². The normalized spacial score (nSPS) is 24.1. The van der Waals surface area contributed by atoms with E-state index in [1.807, 2.05) is 25.1 Å². The lowest BCUT2D eigenvalue weighted by atomic mass is 9.92. The fourth-order valence-electron chi connectivity index (χ4n) is 9.11. The zero-order valence-electron chi connectivity index (χ0n) is 28.2. The van der Waals surface area contributed by atoms with E-state index in [0.29, 0.717) is 39.2 Å². The Morgan fingerprint density at radius 2 is 1.92 bits per heavy atom. The summed E-state index contributed by atoms with van der Waals surface area (Å²) in [6.45, 7) is 3.55. The number of nitrogens with one attached hydrogen (secondary N) is 1. The van der Waals surface area contributed by atoms with Crippen molar-refractivity contribution in [2.75, 3.05) is 13.1 Å². The Morgan fingerprint density at radius 3 is 2.67 bits per heavy atom. The summed E-state index contributed by atoms with van der Waals surface area (Å²) in [6, 6.07) is 15.4. The number of fused-ring (bicyclic) bond motifs is 5. The molecule has 2 saturated carbocycles. The average molecular weight is 724 g/mol. The van der Waals surface area contributed by atoms with Crippen molar-refractivity contribution >= 4 is 50.9 Å². The van der Waals surface area contributed by atoms with Gasteiger partial charge in [0.25, 0.3) is 0 Å². The van der Waals surface area contributed by atoms with Crippen LogP contribution >= 0.6 is 23.2 Å². The fraction of sp³-hybridized carbons (Fsp3) is 0.400. The van der Waals surface area contributed by atoms with Gasteiger partial charge in [-0.15, -0.1) is 0 Å². The summed E-state index contributed by atoms with van der Waals surface area (Å²) >= 11 is 13.1. The third-order valence-electron chi connectivity index (χ3n) is 11.5. The molecule has 0 radical (unpaired) electrons. The molecule has 4 aliphatic rings. The lowest BCUT2D eigenvalue weighted by molar-refractivity contribution is -0.138. The highest BCUT2D eigenvalue weighted by Crippen LogP contribution is 2.55. The quantitative estimate of drug-likeness (QED) is 0.173. The molecular weight excluding hydrogens is 686 g/mol. The number of amides is 1. The number of aryl methyl sites for hydroxylation is 2. The van der Waals surface area contributed by atoms with Crippen LogP contribution in [-0.4, -0.2) is 50.6 Å². The Morgan fingerprint density at radius 1 is 1.10 bits per heavy atom. The van der Waals surface area contributed by atoms with E-state index in [1.54, 1.807) is 30.6 Å². The second-order valence-electron chi connectivity index (χ2n) is 14.5. The van der Waals surface area contributed by atoms with E-state index >= 15 is 4.39 Å². The van der Waals surface area contributed by atoms with Gasteiger partial charge in [-0.05, 0) is 81.5 Å². The van der Waals surface area contributed by atoms with Crippen LogP contribution in [0, 0.1) is 35.9 Å². The Kier molecular flexibility index (Phi) is 8.18. The summed E-state index contributed by atoms with van der Waals surface area (Å²) in [5.74, 6) is 0.704. The van der Waals surface area contributed by atoms with Gasteiger partial charge in [0.05, 0.1) is 27.7 Å². The number of halogens is 3. The number of benzene rings is 2. The Labute approximate surface area is 305 Å². The molecule has 1 amide bonds. The maximum absolute atomic E-state index is 17.2. The molecule has 0 spiro atoms. The summed E-state index contributed by atoms with van der Waals surface area (Å²) in [6.07, 6.45) is 8.39. The minimum absolute atomic E-state index is 0.0604. The first-order chi connectivity index (χ1) is 24.8. The molecule has 8 nitrogen and oxygen atoms in total. The number of pyridine rings is 2. The summed E-state index contributed by atoms with van der Waals surface area (Å²) in [7, 11) is 0. The van der Waals surface area contributed by atoms with Gasteiger partial charge in [-0.1, -0.05) is 35.3 Å². The van der Waals surface area contributed by atoms with Gasteiger partial charge in [0.1, 0.15) is 17.4 Å². The molecule has 9 rings (SSSR count). The molecule has 2 aliphatic carbocycles. The standard InChI is InChI=1S/C40H37Cl2FN6O2/c1-21-28-19-32(39-29-17-25(49(39)40(50)22-7-8-22)18-33(29)51-26-10-14-45-15-11-26)48(24-9-13-46-20-24)38(28)30-16-23(4-3-12-44)34(36(43)37(30)47-21)27-5-2-6-31(41)35(27)42/h2,5-6,10-11,14-16,19,22,24-25,29,33,39,46H,3-4,7-9,13,17-18,20H2,1H3/t24-,25+,29-,33-,39+/m0/s1. The van der Waals surface area contributed by atoms with Crippen LogP contribution in [0.3, 0.4) is 0 Å². The minimum Gasteiger partial charge on any atom is -0.490 e. The Balaban J connectivity index is 1.28. The minimum atomic E-state index is -0.482. The number of rotatable bonds is 8. The lowest BCUT2D eigenvalue weighted by Gasteiger charge is -2.40. The maximum atomic E-state index is 17.2. The number of likely N-dealkylation sites (tertiary alicyclic amines) is 1. The lowest BCUT2D eigenvalue weighted by Crippen LogP contribution is -2.46. The molecule has 5 atom stereocenters. The number of carbonyl (C=O) groups excluding carboxylic acids is 1. The van der Waals surface area contributed by atoms with Crippen LogP contribution in [0.4, 0.5) is 4.39 Å². The number of hydrogen-bond donors (Lipinski definition) is 1. The van der Waals surface area contributed by atoms with Gasteiger partial charge < -0.3 is 19.5 Å². The molecule has 1 N–H and O–H groups in total. The van der Waals surface area contributed by atoms with Gasteiger partial charge in [-0.25, -0.2) is 9.37 Å². The molecule has 2 aliphatic heterocycles. The summed E-state index contributed by atoms with van der Waals surface area (Å²) in [4.78, 5) is 25.4. The number of piperidine rings is 1. The van der Waals surface area contributed by atoms with Crippen LogP contribution in [0.15, 0.2) is 54.9 Å². The van der Waals surface area contributed by atoms with Crippen LogP contribution in [0.2, 0.25) is 10.0 Å². The topological polar surface area (TPSA) is 96.1 Å². The van der Waals surface area contributed by atoms with E-state index < -0.39 is 5.82 Å².